The molecule has 24 heavy (non-hydrogen) atoms. The zero-order chi connectivity index (χ0) is 17.9. The Morgan fingerprint density at radius 3 is 2.25 bits per heavy atom. The number of benzene rings is 1. The van der Waals surface area contributed by atoms with E-state index in [1.54, 1.807) is 19.1 Å². The van der Waals surface area contributed by atoms with E-state index in [1.165, 1.54) is 0 Å². The Hall–Kier alpha value is -1.95. The number of carbonyl (C=O) groups excluding carboxylic acids is 1. The maximum absolute atomic E-state index is 12.4. The number of nitrogens with two attached hydrogens (primary N) is 1. The average Bonchev–Trinajstić information content (AvgIpc) is 2.53. The Labute approximate surface area is 143 Å². The van der Waals surface area contributed by atoms with E-state index in [2.05, 4.69) is 0 Å². The van der Waals surface area contributed by atoms with Gasteiger partial charge in [0.1, 0.15) is 17.1 Å². The van der Waals surface area contributed by atoms with Crippen molar-refractivity contribution in [3.63, 3.8) is 0 Å². The lowest BCUT2D eigenvalue weighted by Crippen LogP contribution is -2.49. The lowest BCUT2D eigenvalue weighted by Gasteiger charge is -2.38. The number of likely N-dealkylation sites (tertiary alicyclic amines) is 1. The van der Waals surface area contributed by atoms with Crippen molar-refractivity contribution in [2.24, 2.45) is 5.73 Å². The highest BCUT2D eigenvalue weighted by Crippen LogP contribution is 2.32. The fourth-order valence-electron chi connectivity index (χ4n) is 2.86. The molecule has 0 spiro atoms. The Balaban J connectivity index is 2.21. The van der Waals surface area contributed by atoms with Crippen molar-refractivity contribution >= 4 is 6.09 Å². The molecule has 1 aliphatic heterocycles. The van der Waals surface area contributed by atoms with Crippen LogP contribution in [-0.2, 0) is 4.74 Å². The minimum atomic E-state index is -0.509. The first-order valence-electron chi connectivity index (χ1n) is 8.20. The molecule has 6 nitrogen and oxygen atoms in total. The second kappa shape index (κ2) is 7.30. The largest absolute Gasteiger partial charge is 0.497 e. The monoisotopic (exact) mass is 336 g/mol. The van der Waals surface area contributed by atoms with Crippen LogP contribution >= 0.6 is 0 Å². The molecule has 6 heteroatoms. The summed E-state index contributed by atoms with van der Waals surface area (Å²) in [5.41, 5.74) is 6.82. The first-order chi connectivity index (χ1) is 11.2. The van der Waals surface area contributed by atoms with Crippen LogP contribution in [0.1, 0.15) is 38.7 Å². The van der Waals surface area contributed by atoms with Crippen LogP contribution in [0.2, 0.25) is 0 Å². The van der Waals surface area contributed by atoms with Crippen molar-refractivity contribution < 1.29 is 19.0 Å². The van der Waals surface area contributed by atoms with Crippen molar-refractivity contribution in [2.75, 3.05) is 27.3 Å². The molecule has 0 saturated carbocycles. The Bertz CT molecular complexity index is 561. The summed E-state index contributed by atoms with van der Waals surface area (Å²) in [6.45, 7) is 6.72. The summed E-state index contributed by atoms with van der Waals surface area (Å²) in [7, 11) is 3.23. The van der Waals surface area contributed by atoms with Crippen molar-refractivity contribution in [2.45, 2.75) is 44.8 Å². The van der Waals surface area contributed by atoms with E-state index in [-0.39, 0.29) is 18.1 Å². The van der Waals surface area contributed by atoms with Gasteiger partial charge in [-0.05, 0) is 44.9 Å². The molecule has 1 saturated heterocycles. The molecule has 2 atom stereocenters. The van der Waals surface area contributed by atoms with E-state index in [0.29, 0.717) is 24.6 Å². The number of nitrogens with zero attached hydrogens (tertiary/aromatic N) is 1. The van der Waals surface area contributed by atoms with Crippen molar-refractivity contribution in [1.29, 1.82) is 0 Å². The number of methoxy groups -OCH3 is 2. The number of amides is 1. The molecule has 1 aromatic rings. The SMILES string of the molecule is COc1cc(OC)cc([C@@H]2CN(C(=O)OC(C)(C)C)CC[C@H]2N)c1. The normalized spacial score (nSPS) is 21.3. The molecule has 1 aromatic carbocycles. The van der Waals surface area contributed by atoms with Crippen LogP contribution < -0.4 is 15.2 Å². The third-order valence-corrected chi connectivity index (χ3v) is 4.12. The molecule has 134 valence electrons. The highest BCUT2D eigenvalue weighted by Gasteiger charge is 2.33. The third kappa shape index (κ3) is 4.54. The van der Waals surface area contributed by atoms with Gasteiger partial charge in [0.2, 0.25) is 0 Å². The Morgan fingerprint density at radius 2 is 1.75 bits per heavy atom. The van der Waals surface area contributed by atoms with E-state index in [4.69, 9.17) is 19.9 Å². The first kappa shape index (κ1) is 18.4. The van der Waals surface area contributed by atoms with Gasteiger partial charge in [0.25, 0.3) is 0 Å². The van der Waals surface area contributed by atoms with Crippen LogP contribution in [0.15, 0.2) is 18.2 Å². The third-order valence-electron chi connectivity index (χ3n) is 4.12. The summed E-state index contributed by atoms with van der Waals surface area (Å²) in [5.74, 6) is 1.44. The van der Waals surface area contributed by atoms with Gasteiger partial charge in [0, 0.05) is 31.1 Å². The molecule has 1 heterocycles. The van der Waals surface area contributed by atoms with Gasteiger partial charge < -0.3 is 24.8 Å². The molecule has 0 radical (unpaired) electrons. The van der Waals surface area contributed by atoms with Crippen LogP contribution in [-0.4, -0.2) is 49.9 Å². The van der Waals surface area contributed by atoms with Crippen molar-refractivity contribution in [3.05, 3.63) is 23.8 Å². The molecule has 1 amide bonds. The van der Waals surface area contributed by atoms with Gasteiger partial charge in [-0.15, -0.1) is 0 Å². The van der Waals surface area contributed by atoms with Crippen LogP contribution in [0.25, 0.3) is 0 Å². The van der Waals surface area contributed by atoms with Crippen LogP contribution in [0.5, 0.6) is 11.5 Å². The second-order valence-corrected chi connectivity index (χ2v) is 7.13. The van der Waals surface area contributed by atoms with Crippen LogP contribution in [0, 0.1) is 0 Å². The molecule has 0 aliphatic carbocycles. The molecule has 1 fully saturated rings. The fourth-order valence-corrected chi connectivity index (χ4v) is 2.86. The molecule has 2 rings (SSSR count). The van der Waals surface area contributed by atoms with E-state index < -0.39 is 5.60 Å². The summed E-state index contributed by atoms with van der Waals surface area (Å²) in [6, 6.07) is 5.70. The maximum atomic E-state index is 12.4. The number of carbonyl (C=O) groups is 1. The quantitative estimate of drug-likeness (QED) is 0.919. The number of hydrogen-bond acceptors (Lipinski definition) is 5. The first-order valence-corrected chi connectivity index (χ1v) is 8.20. The smallest absolute Gasteiger partial charge is 0.410 e. The van der Waals surface area contributed by atoms with Gasteiger partial charge >= 0.3 is 6.09 Å². The zero-order valence-corrected chi connectivity index (χ0v) is 15.2. The van der Waals surface area contributed by atoms with Gasteiger partial charge in [0.05, 0.1) is 14.2 Å². The molecular weight excluding hydrogens is 308 g/mol. The average molecular weight is 336 g/mol. The number of rotatable bonds is 3. The van der Waals surface area contributed by atoms with Gasteiger partial charge in [-0.3, -0.25) is 0 Å². The van der Waals surface area contributed by atoms with E-state index in [1.807, 2.05) is 39.0 Å². The fraction of sp³-hybridized carbons (Fsp3) is 0.611. The van der Waals surface area contributed by atoms with Crippen molar-refractivity contribution in [1.82, 2.24) is 4.90 Å². The Morgan fingerprint density at radius 1 is 1.17 bits per heavy atom. The molecular formula is C18H28N2O4. The lowest BCUT2D eigenvalue weighted by molar-refractivity contribution is 0.0186. The summed E-state index contributed by atoms with van der Waals surface area (Å²) in [5, 5.41) is 0. The summed E-state index contributed by atoms with van der Waals surface area (Å²) >= 11 is 0. The van der Waals surface area contributed by atoms with E-state index in [9.17, 15) is 4.79 Å². The van der Waals surface area contributed by atoms with Crippen LogP contribution in [0.3, 0.4) is 0 Å². The molecule has 0 bridgehead atoms. The topological polar surface area (TPSA) is 74.0 Å². The zero-order valence-electron chi connectivity index (χ0n) is 15.2. The van der Waals surface area contributed by atoms with E-state index >= 15 is 0 Å². The molecule has 0 unspecified atom stereocenters. The molecule has 1 aliphatic rings. The van der Waals surface area contributed by atoms with E-state index in [0.717, 1.165) is 12.0 Å². The van der Waals surface area contributed by atoms with Gasteiger partial charge in [-0.1, -0.05) is 0 Å². The standard InChI is InChI=1S/C18H28N2O4/c1-18(2,3)24-17(21)20-7-6-16(19)15(11-20)12-8-13(22-4)10-14(9-12)23-5/h8-10,15-16H,6-7,11,19H2,1-5H3/t15-,16+/m0/s1. The van der Waals surface area contributed by atoms with Gasteiger partial charge in [0.15, 0.2) is 0 Å². The minimum Gasteiger partial charge on any atom is -0.497 e. The predicted octanol–water partition coefficient (Wildman–Crippen LogP) is 2.76. The highest BCUT2D eigenvalue weighted by atomic mass is 16.6. The second-order valence-electron chi connectivity index (χ2n) is 7.13. The van der Waals surface area contributed by atoms with Crippen LogP contribution in [0.4, 0.5) is 4.79 Å². The minimum absolute atomic E-state index is 0.00951. The van der Waals surface area contributed by atoms with Gasteiger partial charge in [-0.2, -0.15) is 0 Å². The molecule has 2 N–H and O–H groups in total. The summed E-state index contributed by atoms with van der Waals surface area (Å²) < 4.78 is 16.2. The molecule has 0 aromatic heterocycles. The number of piperidine rings is 1. The van der Waals surface area contributed by atoms with Gasteiger partial charge in [-0.25, -0.2) is 4.79 Å². The summed E-state index contributed by atoms with van der Waals surface area (Å²) in [6.07, 6.45) is 0.429. The number of ether oxygens (including phenoxy) is 3. The lowest BCUT2D eigenvalue weighted by atomic mass is 9.86. The number of hydrogen-bond donors (Lipinski definition) is 1. The predicted molar refractivity (Wildman–Crippen MR) is 92.7 cm³/mol. The Kier molecular flexibility index (Phi) is 5.59. The summed E-state index contributed by atoms with van der Waals surface area (Å²) in [4.78, 5) is 14.1. The van der Waals surface area contributed by atoms with Crippen molar-refractivity contribution in [3.8, 4) is 11.5 Å². The highest BCUT2D eigenvalue weighted by molar-refractivity contribution is 5.68. The maximum Gasteiger partial charge on any atom is 0.410 e.